The van der Waals surface area contributed by atoms with E-state index in [4.69, 9.17) is 30.9 Å². The fraction of sp³-hybridized carbons (Fsp3) is 0.364. The van der Waals surface area contributed by atoms with Gasteiger partial charge in [-0.05, 0) is 19.1 Å². The lowest BCUT2D eigenvalue weighted by Crippen LogP contribution is -2.05. The first kappa shape index (κ1) is 13.6. The molecule has 0 unspecified atom stereocenters. The summed E-state index contributed by atoms with van der Waals surface area (Å²) in [6, 6.07) is 2.64. The molecule has 0 spiro atoms. The highest BCUT2D eigenvalue weighted by Crippen LogP contribution is 2.36. The van der Waals surface area contributed by atoms with Gasteiger partial charge in [-0.3, -0.25) is 0 Å². The zero-order valence-electron chi connectivity index (χ0n) is 9.53. The molecular weight excluding hydrogens is 248 g/mol. The van der Waals surface area contributed by atoms with Gasteiger partial charge in [-0.25, -0.2) is 4.79 Å². The highest BCUT2D eigenvalue weighted by Gasteiger charge is 2.15. The first-order chi connectivity index (χ1) is 8.10. The van der Waals surface area contributed by atoms with Crippen LogP contribution in [-0.2, 0) is 4.74 Å². The Morgan fingerprint density at radius 2 is 2.18 bits per heavy atom. The van der Waals surface area contributed by atoms with Gasteiger partial charge >= 0.3 is 5.97 Å². The van der Waals surface area contributed by atoms with E-state index in [0.717, 1.165) is 0 Å². The molecule has 94 valence electrons. The maximum atomic E-state index is 10.8. The van der Waals surface area contributed by atoms with Crippen LogP contribution in [0.5, 0.6) is 11.5 Å². The van der Waals surface area contributed by atoms with Crippen LogP contribution in [-0.4, -0.2) is 31.6 Å². The molecule has 1 aromatic carbocycles. The SMILES string of the molecule is CCOCOc1c(Cl)cc(C(=O)O)cc1OC. The molecule has 0 amide bonds. The van der Waals surface area contributed by atoms with Crippen LogP contribution in [0, 0.1) is 0 Å². The largest absolute Gasteiger partial charge is 0.493 e. The number of halogens is 1. The Balaban J connectivity index is 2.99. The first-order valence-corrected chi connectivity index (χ1v) is 5.29. The Morgan fingerprint density at radius 3 is 2.71 bits per heavy atom. The molecule has 1 N–H and O–H groups in total. The maximum Gasteiger partial charge on any atom is 0.335 e. The smallest absolute Gasteiger partial charge is 0.335 e. The van der Waals surface area contributed by atoms with E-state index in [0.29, 0.717) is 6.61 Å². The number of aromatic carboxylic acids is 1. The molecule has 5 nitrogen and oxygen atoms in total. The molecule has 1 rings (SSSR count). The highest BCUT2D eigenvalue weighted by molar-refractivity contribution is 6.32. The highest BCUT2D eigenvalue weighted by atomic mass is 35.5. The van der Waals surface area contributed by atoms with E-state index >= 15 is 0 Å². The molecule has 1 aromatic rings. The zero-order chi connectivity index (χ0) is 12.8. The van der Waals surface area contributed by atoms with Gasteiger partial charge in [0.15, 0.2) is 18.3 Å². The first-order valence-electron chi connectivity index (χ1n) is 4.91. The Morgan fingerprint density at radius 1 is 1.47 bits per heavy atom. The monoisotopic (exact) mass is 260 g/mol. The minimum atomic E-state index is -1.08. The molecule has 0 aliphatic heterocycles. The molecule has 17 heavy (non-hydrogen) atoms. The van der Waals surface area contributed by atoms with Crippen molar-refractivity contribution in [3.63, 3.8) is 0 Å². The number of ether oxygens (including phenoxy) is 3. The number of carboxylic acids is 1. The van der Waals surface area contributed by atoms with Crippen molar-refractivity contribution in [2.75, 3.05) is 20.5 Å². The van der Waals surface area contributed by atoms with Crippen molar-refractivity contribution in [2.24, 2.45) is 0 Å². The van der Waals surface area contributed by atoms with E-state index in [-0.39, 0.29) is 28.9 Å². The Labute approximate surface area is 104 Å². The number of methoxy groups -OCH3 is 1. The third kappa shape index (κ3) is 3.51. The maximum absolute atomic E-state index is 10.8. The molecule has 0 aliphatic carbocycles. The molecule has 0 atom stereocenters. The third-order valence-corrected chi connectivity index (χ3v) is 2.25. The predicted molar refractivity (Wildman–Crippen MR) is 62.1 cm³/mol. The van der Waals surface area contributed by atoms with Gasteiger partial charge in [-0.15, -0.1) is 0 Å². The van der Waals surface area contributed by atoms with Crippen molar-refractivity contribution < 1.29 is 24.1 Å². The number of carbonyl (C=O) groups is 1. The summed E-state index contributed by atoms with van der Waals surface area (Å²) in [7, 11) is 1.41. The molecular formula is C11H13ClO5. The van der Waals surface area contributed by atoms with E-state index in [9.17, 15) is 4.79 Å². The van der Waals surface area contributed by atoms with Gasteiger partial charge in [0.1, 0.15) is 0 Å². The van der Waals surface area contributed by atoms with Gasteiger partial charge in [0.2, 0.25) is 0 Å². The number of hydrogen-bond donors (Lipinski definition) is 1. The van der Waals surface area contributed by atoms with Crippen molar-refractivity contribution in [1.82, 2.24) is 0 Å². The lowest BCUT2D eigenvalue weighted by Gasteiger charge is -2.12. The fourth-order valence-corrected chi connectivity index (χ4v) is 1.43. The second-order valence-electron chi connectivity index (χ2n) is 3.05. The van der Waals surface area contributed by atoms with Gasteiger partial charge in [0.25, 0.3) is 0 Å². The molecule has 6 heteroatoms. The summed E-state index contributed by atoms with van der Waals surface area (Å²) in [4.78, 5) is 10.8. The third-order valence-electron chi connectivity index (χ3n) is 1.97. The fourth-order valence-electron chi connectivity index (χ4n) is 1.17. The van der Waals surface area contributed by atoms with Crippen LogP contribution in [0.2, 0.25) is 5.02 Å². The summed E-state index contributed by atoms with van der Waals surface area (Å²) in [6.07, 6.45) is 0. The Hall–Kier alpha value is -1.46. The van der Waals surface area contributed by atoms with Gasteiger partial charge in [-0.2, -0.15) is 0 Å². The van der Waals surface area contributed by atoms with Gasteiger partial charge < -0.3 is 19.3 Å². The average molecular weight is 261 g/mol. The number of carboxylic acid groups (broad SMARTS) is 1. The lowest BCUT2D eigenvalue weighted by atomic mass is 10.2. The van der Waals surface area contributed by atoms with Crippen molar-refractivity contribution in [3.8, 4) is 11.5 Å². The van der Waals surface area contributed by atoms with Gasteiger partial charge in [0, 0.05) is 6.61 Å². The number of hydrogen-bond acceptors (Lipinski definition) is 4. The molecule has 0 saturated heterocycles. The molecule has 0 fully saturated rings. The van der Waals surface area contributed by atoms with E-state index in [1.165, 1.54) is 19.2 Å². The summed E-state index contributed by atoms with van der Waals surface area (Å²) in [5.74, 6) is -0.552. The summed E-state index contributed by atoms with van der Waals surface area (Å²) < 4.78 is 15.3. The topological polar surface area (TPSA) is 65.0 Å². The molecule has 0 aliphatic rings. The molecule has 0 bridgehead atoms. The standard InChI is InChI=1S/C11H13ClO5/c1-3-16-6-17-10-8(12)4-7(11(13)14)5-9(10)15-2/h4-5H,3,6H2,1-2H3,(H,13,14). The summed E-state index contributed by atoms with van der Waals surface area (Å²) in [6.45, 7) is 2.36. The Bertz CT molecular complexity index is 405. The predicted octanol–water partition coefficient (Wildman–Crippen LogP) is 2.42. The molecule has 0 radical (unpaired) electrons. The van der Waals surface area contributed by atoms with Crippen molar-refractivity contribution in [2.45, 2.75) is 6.92 Å². The van der Waals surface area contributed by atoms with E-state index in [1.54, 1.807) is 0 Å². The summed E-state index contributed by atoms with van der Waals surface area (Å²) >= 11 is 5.91. The number of benzene rings is 1. The Kier molecular flexibility index (Phi) is 5.06. The molecule has 0 saturated carbocycles. The van der Waals surface area contributed by atoms with E-state index < -0.39 is 5.97 Å². The second kappa shape index (κ2) is 6.32. The van der Waals surface area contributed by atoms with Gasteiger partial charge in [0.05, 0.1) is 17.7 Å². The van der Waals surface area contributed by atoms with Crippen LogP contribution < -0.4 is 9.47 Å². The van der Waals surface area contributed by atoms with Gasteiger partial charge in [-0.1, -0.05) is 11.6 Å². The van der Waals surface area contributed by atoms with Crippen molar-refractivity contribution in [1.29, 1.82) is 0 Å². The van der Waals surface area contributed by atoms with E-state index in [2.05, 4.69) is 0 Å². The zero-order valence-corrected chi connectivity index (χ0v) is 10.3. The quantitative estimate of drug-likeness (QED) is 0.629. The van der Waals surface area contributed by atoms with Crippen LogP contribution in [0.15, 0.2) is 12.1 Å². The van der Waals surface area contributed by atoms with E-state index in [1.807, 2.05) is 6.92 Å². The minimum Gasteiger partial charge on any atom is -0.493 e. The van der Waals surface area contributed by atoms with Crippen LogP contribution in [0.1, 0.15) is 17.3 Å². The van der Waals surface area contributed by atoms with Crippen molar-refractivity contribution in [3.05, 3.63) is 22.7 Å². The average Bonchev–Trinajstić information content (AvgIpc) is 2.30. The van der Waals surface area contributed by atoms with Crippen molar-refractivity contribution >= 4 is 17.6 Å². The second-order valence-corrected chi connectivity index (χ2v) is 3.46. The molecule has 0 aromatic heterocycles. The van der Waals surface area contributed by atoms with Crippen LogP contribution in [0.3, 0.4) is 0 Å². The summed E-state index contributed by atoms with van der Waals surface area (Å²) in [5, 5.41) is 9.02. The normalized spacial score (nSPS) is 10.1. The number of rotatable bonds is 6. The summed E-state index contributed by atoms with van der Waals surface area (Å²) in [5.41, 5.74) is 0.0376. The molecule has 0 heterocycles. The van der Waals surface area contributed by atoms with Crippen LogP contribution in [0.25, 0.3) is 0 Å². The minimum absolute atomic E-state index is 0.0268. The van der Waals surface area contributed by atoms with Crippen LogP contribution in [0.4, 0.5) is 0 Å². The van der Waals surface area contributed by atoms with Crippen LogP contribution >= 0.6 is 11.6 Å². The lowest BCUT2D eigenvalue weighted by molar-refractivity contribution is 0.0209.